The third kappa shape index (κ3) is 2.47. The van der Waals surface area contributed by atoms with Gasteiger partial charge in [0.15, 0.2) is 0 Å². The Kier molecular flexibility index (Phi) is 3.73. The molecular weight excluding hydrogens is 216 g/mol. The standard InChI is InChI=1S/C13H24N2O2/c1-9(2)12(13(16)17)15-7-6-10-4-5-11(8-15)14(10)3/h9-12H,4-8H2,1-3H3,(H,16,17). The molecule has 4 heteroatoms. The lowest BCUT2D eigenvalue weighted by atomic mass is 10.00. The number of hydrogen-bond acceptors (Lipinski definition) is 3. The molecule has 0 amide bonds. The largest absolute Gasteiger partial charge is 0.480 e. The molecule has 2 saturated heterocycles. The van der Waals surface area contributed by atoms with Crippen LogP contribution in [0.4, 0.5) is 0 Å². The van der Waals surface area contributed by atoms with Crippen LogP contribution >= 0.6 is 0 Å². The van der Waals surface area contributed by atoms with Crippen LogP contribution in [-0.4, -0.2) is 59.1 Å². The van der Waals surface area contributed by atoms with E-state index in [2.05, 4.69) is 16.8 Å². The highest BCUT2D eigenvalue weighted by Gasteiger charge is 2.38. The molecule has 0 radical (unpaired) electrons. The van der Waals surface area contributed by atoms with Gasteiger partial charge in [0.25, 0.3) is 0 Å². The average molecular weight is 240 g/mol. The maximum Gasteiger partial charge on any atom is 0.321 e. The molecule has 2 rings (SSSR count). The van der Waals surface area contributed by atoms with Crippen LogP contribution in [-0.2, 0) is 4.79 Å². The normalized spacial score (nSPS) is 32.7. The summed E-state index contributed by atoms with van der Waals surface area (Å²) in [5.41, 5.74) is 0. The maximum atomic E-state index is 11.4. The van der Waals surface area contributed by atoms with Crippen molar-refractivity contribution in [3.63, 3.8) is 0 Å². The highest BCUT2D eigenvalue weighted by Crippen LogP contribution is 2.30. The molecule has 0 aromatic heterocycles. The second kappa shape index (κ2) is 4.94. The zero-order valence-electron chi connectivity index (χ0n) is 11.1. The average Bonchev–Trinajstić information content (AvgIpc) is 2.44. The van der Waals surface area contributed by atoms with Gasteiger partial charge in [0, 0.05) is 25.2 Å². The number of hydrogen-bond donors (Lipinski definition) is 1. The third-order valence-corrected chi connectivity index (χ3v) is 4.46. The zero-order valence-corrected chi connectivity index (χ0v) is 11.1. The van der Waals surface area contributed by atoms with Crippen molar-refractivity contribution >= 4 is 5.97 Å². The summed E-state index contributed by atoms with van der Waals surface area (Å²) in [5.74, 6) is -0.491. The molecule has 0 spiro atoms. The van der Waals surface area contributed by atoms with E-state index >= 15 is 0 Å². The fourth-order valence-corrected chi connectivity index (χ4v) is 3.45. The van der Waals surface area contributed by atoms with Gasteiger partial charge in [0.1, 0.15) is 6.04 Å². The minimum Gasteiger partial charge on any atom is -0.480 e. The van der Waals surface area contributed by atoms with Crippen LogP contribution in [0.1, 0.15) is 33.1 Å². The highest BCUT2D eigenvalue weighted by atomic mass is 16.4. The van der Waals surface area contributed by atoms with Gasteiger partial charge in [-0.2, -0.15) is 0 Å². The first-order valence-electron chi connectivity index (χ1n) is 6.69. The fraction of sp³-hybridized carbons (Fsp3) is 0.923. The van der Waals surface area contributed by atoms with Gasteiger partial charge in [-0.25, -0.2) is 0 Å². The molecule has 3 unspecified atom stereocenters. The lowest BCUT2D eigenvalue weighted by molar-refractivity contribution is -0.145. The summed E-state index contributed by atoms with van der Waals surface area (Å²) in [5, 5.41) is 9.37. The molecule has 0 aromatic carbocycles. The van der Waals surface area contributed by atoms with Crippen molar-refractivity contribution in [1.29, 1.82) is 0 Å². The molecule has 0 aromatic rings. The lowest BCUT2D eigenvalue weighted by Gasteiger charge is -2.32. The fourth-order valence-electron chi connectivity index (χ4n) is 3.45. The van der Waals surface area contributed by atoms with Gasteiger partial charge in [0.05, 0.1) is 0 Å². The second-order valence-electron chi connectivity index (χ2n) is 5.86. The quantitative estimate of drug-likeness (QED) is 0.806. The minimum atomic E-state index is -0.666. The molecule has 2 bridgehead atoms. The van der Waals surface area contributed by atoms with E-state index in [4.69, 9.17) is 0 Å². The van der Waals surface area contributed by atoms with Crippen LogP contribution < -0.4 is 0 Å². The summed E-state index contributed by atoms with van der Waals surface area (Å²) in [7, 11) is 2.19. The number of carboxylic acids is 1. The van der Waals surface area contributed by atoms with E-state index < -0.39 is 5.97 Å². The van der Waals surface area contributed by atoms with E-state index in [0.29, 0.717) is 12.1 Å². The monoisotopic (exact) mass is 240 g/mol. The van der Waals surface area contributed by atoms with Crippen LogP contribution in [0.15, 0.2) is 0 Å². The smallest absolute Gasteiger partial charge is 0.321 e. The number of rotatable bonds is 3. The number of likely N-dealkylation sites (N-methyl/N-ethyl adjacent to an activating group) is 1. The van der Waals surface area contributed by atoms with Crippen molar-refractivity contribution in [1.82, 2.24) is 9.80 Å². The summed E-state index contributed by atoms with van der Waals surface area (Å²) < 4.78 is 0. The van der Waals surface area contributed by atoms with Crippen molar-refractivity contribution in [2.24, 2.45) is 5.92 Å². The van der Waals surface area contributed by atoms with Gasteiger partial charge in [-0.15, -0.1) is 0 Å². The summed E-state index contributed by atoms with van der Waals surface area (Å²) in [4.78, 5) is 16.0. The van der Waals surface area contributed by atoms with Crippen LogP contribution in [0.5, 0.6) is 0 Å². The van der Waals surface area contributed by atoms with Gasteiger partial charge >= 0.3 is 5.97 Å². The van der Waals surface area contributed by atoms with E-state index in [9.17, 15) is 9.90 Å². The Balaban J connectivity index is 2.09. The van der Waals surface area contributed by atoms with Crippen molar-refractivity contribution in [2.75, 3.05) is 20.1 Å². The Morgan fingerprint density at radius 1 is 1.24 bits per heavy atom. The predicted octanol–water partition coefficient (Wildman–Crippen LogP) is 1.26. The number of carbonyl (C=O) groups is 1. The minimum absolute atomic E-state index is 0.175. The Hall–Kier alpha value is -0.610. The van der Waals surface area contributed by atoms with Crippen molar-refractivity contribution in [3.05, 3.63) is 0 Å². The molecule has 1 N–H and O–H groups in total. The number of nitrogens with zero attached hydrogens (tertiary/aromatic N) is 2. The van der Waals surface area contributed by atoms with Crippen molar-refractivity contribution in [2.45, 2.75) is 51.2 Å². The Labute approximate surface area is 104 Å². The molecule has 2 aliphatic heterocycles. The van der Waals surface area contributed by atoms with Gasteiger partial charge < -0.3 is 5.11 Å². The Bertz CT molecular complexity index is 293. The maximum absolute atomic E-state index is 11.4. The van der Waals surface area contributed by atoms with Gasteiger partial charge in [-0.3, -0.25) is 14.6 Å². The van der Waals surface area contributed by atoms with Crippen molar-refractivity contribution in [3.8, 4) is 0 Å². The first kappa shape index (κ1) is 12.8. The molecule has 2 heterocycles. The van der Waals surface area contributed by atoms with E-state index in [1.807, 2.05) is 13.8 Å². The van der Waals surface area contributed by atoms with Crippen LogP contribution in [0.2, 0.25) is 0 Å². The van der Waals surface area contributed by atoms with Crippen LogP contribution in [0.25, 0.3) is 0 Å². The summed E-state index contributed by atoms with van der Waals surface area (Å²) in [6.07, 6.45) is 3.63. The molecule has 17 heavy (non-hydrogen) atoms. The molecule has 3 atom stereocenters. The van der Waals surface area contributed by atoms with Crippen LogP contribution in [0.3, 0.4) is 0 Å². The predicted molar refractivity (Wildman–Crippen MR) is 67.0 cm³/mol. The molecule has 2 aliphatic rings. The number of fused-ring (bicyclic) bond motifs is 2. The first-order valence-corrected chi connectivity index (χ1v) is 6.69. The molecule has 98 valence electrons. The van der Waals surface area contributed by atoms with Gasteiger partial charge in [0.2, 0.25) is 0 Å². The van der Waals surface area contributed by atoms with E-state index in [1.54, 1.807) is 0 Å². The van der Waals surface area contributed by atoms with E-state index in [0.717, 1.165) is 19.5 Å². The van der Waals surface area contributed by atoms with Crippen LogP contribution in [0, 0.1) is 5.92 Å². The summed E-state index contributed by atoms with van der Waals surface area (Å²) in [6.45, 7) is 5.86. The van der Waals surface area contributed by atoms with E-state index in [1.165, 1.54) is 12.8 Å². The third-order valence-electron chi connectivity index (χ3n) is 4.46. The SMILES string of the molecule is CC(C)C(C(=O)O)N1CCC2CCC(C1)N2C. The molecule has 2 fully saturated rings. The number of likely N-dealkylation sites (tertiary alicyclic amines) is 1. The lowest BCUT2D eigenvalue weighted by Crippen LogP contribution is -2.48. The second-order valence-corrected chi connectivity index (χ2v) is 5.86. The van der Waals surface area contributed by atoms with Crippen molar-refractivity contribution < 1.29 is 9.90 Å². The highest BCUT2D eigenvalue weighted by molar-refractivity contribution is 5.73. The summed E-state index contributed by atoms with van der Waals surface area (Å²) in [6, 6.07) is 0.914. The zero-order chi connectivity index (χ0) is 12.6. The molecule has 4 nitrogen and oxygen atoms in total. The summed E-state index contributed by atoms with van der Waals surface area (Å²) >= 11 is 0. The number of aliphatic carboxylic acids is 1. The topological polar surface area (TPSA) is 43.8 Å². The first-order chi connectivity index (χ1) is 8.00. The molecule has 0 saturated carbocycles. The molecule has 0 aliphatic carbocycles. The number of carboxylic acid groups (broad SMARTS) is 1. The van der Waals surface area contributed by atoms with E-state index in [-0.39, 0.29) is 12.0 Å². The Morgan fingerprint density at radius 2 is 1.88 bits per heavy atom. The Morgan fingerprint density at radius 3 is 2.47 bits per heavy atom. The van der Waals surface area contributed by atoms with Gasteiger partial charge in [-0.05, 0) is 32.2 Å². The molecular formula is C13H24N2O2. The van der Waals surface area contributed by atoms with Gasteiger partial charge in [-0.1, -0.05) is 13.8 Å².